The van der Waals surface area contributed by atoms with Crippen LogP contribution in [0.1, 0.15) is 42.1 Å². The first kappa shape index (κ1) is 29.4. The number of sulfonamides is 1. The third-order valence-electron chi connectivity index (χ3n) is 6.47. The van der Waals surface area contributed by atoms with E-state index in [0.717, 1.165) is 9.87 Å². The molecule has 1 amide bonds. The Kier molecular flexibility index (Phi) is 9.35. The first-order valence-corrected chi connectivity index (χ1v) is 14.9. The molecule has 7 nitrogen and oxygen atoms in total. The quantitative estimate of drug-likeness (QED) is 0.195. The van der Waals surface area contributed by atoms with Gasteiger partial charge in [0.1, 0.15) is 6.04 Å². The molecule has 2 N–H and O–H groups in total. The number of hydrogen-bond acceptors (Lipinski definition) is 4. The molecule has 0 saturated carbocycles. The standard InChI is InChI=1S/C30H28Cl2N2O5S/c1-2-3-13-28(30(36)37)34(40(38,39)23-17-21(31)16-22(32)18-23)27-15-14-26(24-11-7-8-12-25(24)27)29(35)33-19-20-9-5-4-6-10-20/h4-12,14-18,28H,2-3,13,19H2,1H3,(H,33,35)(H,36,37). The summed E-state index contributed by atoms with van der Waals surface area (Å²) in [7, 11) is -4.46. The number of fused-ring (bicyclic) bond motifs is 1. The van der Waals surface area contributed by atoms with E-state index in [1.54, 1.807) is 24.3 Å². The van der Waals surface area contributed by atoms with Gasteiger partial charge in [-0.25, -0.2) is 13.2 Å². The van der Waals surface area contributed by atoms with Crippen LogP contribution >= 0.6 is 23.2 Å². The van der Waals surface area contributed by atoms with Crippen LogP contribution in [-0.4, -0.2) is 31.4 Å². The van der Waals surface area contributed by atoms with Crippen LogP contribution < -0.4 is 9.62 Å². The summed E-state index contributed by atoms with van der Waals surface area (Å²) in [5, 5.41) is 14.2. The minimum atomic E-state index is -4.46. The summed E-state index contributed by atoms with van der Waals surface area (Å²) in [6.07, 6.45) is 1.23. The average Bonchev–Trinajstić information content (AvgIpc) is 2.93. The topological polar surface area (TPSA) is 104 Å². The Morgan fingerprint density at radius 2 is 1.52 bits per heavy atom. The maximum Gasteiger partial charge on any atom is 0.327 e. The molecule has 208 valence electrons. The van der Waals surface area contributed by atoms with Gasteiger partial charge in [0.25, 0.3) is 15.9 Å². The van der Waals surface area contributed by atoms with Crippen molar-refractivity contribution in [1.29, 1.82) is 0 Å². The predicted molar refractivity (Wildman–Crippen MR) is 159 cm³/mol. The number of nitrogens with one attached hydrogen (secondary N) is 1. The van der Waals surface area contributed by atoms with Crippen LogP contribution in [0.5, 0.6) is 0 Å². The molecule has 40 heavy (non-hydrogen) atoms. The molecule has 0 aliphatic carbocycles. The zero-order valence-corrected chi connectivity index (χ0v) is 24.0. The summed E-state index contributed by atoms with van der Waals surface area (Å²) in [4.78, 5) is 25.5. The third-order valence-corrected chi connectivity index (χ3v) is 8.71. The van der Waals surface area contributed by atoms with Gasteiger partial charge in [-0.1, -0.05) is 97.6 Å². The number of carbonyl (C=O) groups is 2. The smallest absolute Gasteiger partial charge is 0.327 e. The molecule has 4 aromatic carbocycles. The number of halogens is 2. The summed E-state index contributed by atoms with van der Waals surface area (Å²) in [6.45, 7) is 2.20. The fourth-order valence-electron chi connectivity index (χ4n) is 4.54. The van der Waals surface area contributed by atoms with Crippen molar-refractivity contribution in [3.05, 3.63) is 106 Å². The molecule has 0 aliphatic heterocycles. The van der Waals surface area contributed by atoms with Crippen LogP contribution in [0.25, 0.3) is 10.8 Å². The van der Waals surface area contributed by atoms with E-state index in [-0.39, 0.29) is 33.0 Å². The molecular formula is C30H28Cl2N2O5S. The van der Waals surface area contributed by atoms with Crippen LogP contribution in [0, 0.1) is 0 Å². The summed E-state index contributed by atoms with van der Waals surface area (Å²) < 4.78 is 29.2. The van der Waals surface area contributed by atoms with Crippen molar-refractivity contribution in [1.82, 2.24) is 5.32 Å². The molecular weight excluding hydrogens is 571 g/mol. The number of anilines is 1. The van der Waals surface area contributed by atoms with Crippen LogP contribution in [0.2, 0.25) is 10.0 Å². The molecule has 1 unspecified atom stereocenters. The third kappa shape index (κ3) is 6.41. The Morgan fingerprint density at radius 3 is 2.15 bits per heavy atom. The lowest BCUT2D eigenvalue weighted by atomic mass is 10.0. The fourth-order valence-corrected chi connectivity index (χ4v) is 6.92. The Labute approximate surface area is 243 Å². The van der Waals surface area contributed by atoms with Gasteiger partial charge in [-0.3, -0.25) is 9.10 Å². The van der Waals surface area contributed by atoms with E-state index in [2.05, 4.69) is 5.32 Å². The number of carboxylic acid groups (broad SMARTS) is 1. The number of benzene rings is 4. The van der Waals surface area contributed by atoms with Crippen molar-refractivity contribution in [3.8, 4) is 0 Å². The number of unbranched alkanes of at least 4 members (excludes halogenated alkanes) is 1. The maximum absolute atomic E-state index is 14.1. The van der Waals surface area contributed by atoms with Crippen molar-refractivity contribution in [3.63, 3.8) is 0 Å². The van der Waals surface area contributed by atoms with E-state index in [0.29, 0.717) is 35.7 Å². The Bertz CT molecular complexity index is 1620. The second-order valence-electron chi connectivity index (χ2n) is 9.25. The van der Waals surface area contributed by atoms with Gasteiger partial charge in [-0.15, -0.1) is 0 Å². The SMILES string of the molecule is CCCCC(C(=O)O)N(c1ccc(C(=O)NCc2ccccc2)c2ccccc12)S(=O)(=O)c1cc(Cl)cc(Cl)c1. The molecule has 0 radical (unpaired) electrons. The van der Waals surface area contributed by atoms with Gasteiger partial charge in [-0.05, 0) is 47.7 Å². The van der Waals surface area contributed by atoms with Gasteiger partial charge in [0.15, 0.2) is 0 Å². The molecule has 0 saturated heterocycles. The highest BCUT2D eigenvalue weighted by Gasteiger charge is 2.37. The fraction of sp³-hybridized carbons (Fsp3) is 0.200. The summed E-state index contributed by atoms with van der Waals surface area (Å²) >= 11 is 12.3. The number of aliphatic carboxylic acids is 1. The van der Waals surface area contributed by atoms with E-state index in [1.807, 2.05) is 37.3 Å². The van der Waals surface area contributed by atoms with Crippen LogP contribution in [0.4, 0.5) is 5.69 Å². The minimum Gasteiger partial charge on any atom is -0.480 e. The van der Waals surface area contributed by atoms with Gasteiger partial charge < -0.3 is 10.4 Å². The van der Waals surface area contributed by atoms with Crippen molar-refractivity contribution in [2.45, 2.75) is 43.7 Å². The van der Waals surface area contributed by atoms with Gasteiger partial charge >= 0.3 is 5.97 Å². The average molecular weight is 600 g/mol. The van der Waals surface area contributed by atoms with E-state index in [4.69, 9.17) is 23.2 Å². The van der Waals surface area contributed by atoms with Crippen molar-refractivity contribution >= 4 is 61.6 Å². The number of amides is 1. The van der Waals surface area contributed by atoms with E-state index in [9.17, 15) is 23.1 Å². The Balaban J connectivity index is 1.87. The number of nitrogens with zero attached hydrogens (tertiary/aromatic N) is 1. The first-order valence-electron chi connectivity index (χ1n) is 12.7. The number of carboxylic acids is 1. The normalized spacial score (nSPS) is 12.2. The molecule has 0 bridgehead atoms. The molecule has 0 aromatic heterocycles. The monoisotopic (exact) mass is 598 g/mol. The molecule has 4 rings (SSSR count). The molecule has 0 heterocycles. The predicted octanol–water partition coefficient (Wildman–Crippen LogP) is 6.92. The van der Waals surface area contributed by atoms with E-state index in [1.165, 1.54) is 30.3 Å². The summed E-state index contributed by atoms with van der Waals surface area (Å²) in [6, 6.07) is 21.7. The number of carbonyl (C=O) groups excluding carboxylic acids is 1. The minimum absolute atomic E-state index is 0.0764. The Hall–Kier alpha value is -3.59. The lowest BCUT2D eigenvalue weighted by Gasteiger charge is -2.31. The van der Waals surface area contributed by atoms with E-state index < -0.39 is 22.0 Å². The summed E-state index contributed by atoms with van der Waals surface area (Å²) in [5.74, 6) is -1.64. The van der Waals surface area contributed by atoms with Gasteiger partial charge in [0.2, 0.25) is 0 Å². The number of hydrogen-bond donors (Lipinski definition) is 2. The summed E-state index contributed by atoms with van der Waals surface area (Å²) in [5.41, 5.74) is 1.39. The van der Waals surface area contributed by atoms with Gasteiger partial charge in [0, 0.05) is 27.5 Å². The second-order valence-corrected chi connectivity index (χ2v) is 11.9. The van der Waals surface area contributed by atoms with Crippen molar-refractivity contribution in [2.75, 3.05) is 4.31 Å². The molecule has 4 aromatic rings. The largest absolute Gasteiger partial charge is 0.480 e. The molecule has 10 heteroatoms. The molecule has 0 spiro atoms. The molecule has 1 atom stereocenters. The maximum atomic E-state index is 14.1. The molecule has 0 aliphatic rings. The van der Waals surface area contributed by atoms with Crippen LogP contribution in [0.3, 0.4) is 0 Å². The van der Waals surface area contributed by atoms with Crippen LogP contribution in [-0.2, 0) is 21.4 Å². The van der Waals surface area contributed by atoms with Gasteiger partial charge in [-0.2, -0.15) is 0 Å². The first-order chi connectivity index (χ1) is 19.1. The van der Waals surface area contributed by atoms with Crippen molar-refractivity contribution < 1.29 is 23.1 Å². The highest BCUT2D eigenvalue weighted by molar-refractivity contribution is 7.93. The lowest BCUT2D eigenvalue weighted by Crippen LogP contribution is -2.45. The Morgan fingerprint density at radius 1 is 0.900 bits per heavy atom. The number of rotatable bonds is 11. The molecule has 0 fully saturated rings. The second kappa shape index (κ2) is 12.7. The van der Waals surface area contributed by atoms with Crippen LogP contribution in [0.15, 0.2) is 89.8 Å². The van der Waals surface area contributed by atoms with Crippen molar-refractivity contribution in [2.24, 2.45) is 0 Å². The zero-order valence-electron chi connectivity index (χ0n) is 21.7. The van der Waals surface area contributed by atoms with E-state index >= 15 is 0 Å². The zero-order chi connectivity index (χ0) is 28.9. The highest BCUT2D eigenvalue weighted by atomic mass is 35.5. The lowest BCUT2D eigenvalue weighted by molar-refractivity contribution is -0.138. The highest BCUT2D eigenvalue weighted by Crippen LogP contribution is 2.37. The van der Waals surface area contributed by atoms with Gasteiger partial charge in [0.05, 0.1) is 10.6 Å².